The van der Waals surface area contributed by atoms with Crippen molar-refractivity contribution in [3.8, 4) is 0 Å². The number of hydrogen-bond donors (Lipinski definition) is 2. The molecule has 5 nitrogen and oxygen atoms in total. The highest BCUT2D eigenvalue weighted by Gasteiger charge is 2.17. The van der Waals surface area contributed by atoms with Crippen molar-refractivity contribution >= 4 is 5.91 Å². The molecule has 2 fully saturated rings. The summed E-state index contributed by atoms with van der Waals surface area (Å²) >= 11 is 0. The topological polar surface area (TPSA) is 59.6 Å². The lowest BCUT2D eigenvalue weighted by atomic mass is 10.0. The van der Waals surface area contributed by atoms with E-state index < -0.39 is 0 Å². The Morgan fingerprint density at radius 2 is 2.35 bits per heavy atom. The fourth-order valence-electron chi connectivity index (χ4n) is 2.27. The molecule has 2 unspecified atom stereocenters. The van der Waals surface area contributed by atoms with E-state index in [0.29, 0.717) is 38.7 Å². The SMILES string of the molecule is O=C(CCC1CCNC1)NCC1COCCO1. The van der Waals surface area contributed by atoms with E-state index in [4.69, 9.17) is 9.47 Å². The summed E-state index contributed by atoms with van der Waals surface area (Å²) in [5.74, 6) is 0.807. The van der Waals surface area contributed by atoms with Crippen LogP contribution in [0.3, 0.4) is 0 Å². The third kappa shape index (κ3) is 4.61. The van der Waals surface area contributed by atoms with Gasteiger partial charge in [-0.05, 0) is 31.8 Å². The number of nitrogens with one attached hydrogen (secondary N) is 2. The van der Waals surface area contributed by atoms with Gasteiger partial charge >= 0.3 is 0 Å². The van der Waals surface area contributed by atoms with E-state index in [2.05, 4.69) is 10.6 Å². The van der Waals surface area contributed by atoms with E-state index in [1.165, 1.54) is 6.42 Å². The van der Waals surface area contributed by atoms with Crippen LogP contribution < -0.4 is 10.6 Å². The Morgan fingerprint density at radius 3 is 3.06 bits per heavy atom. The first-order chi connectivity index (χ1) is 8.34. The molecule has 2 saturated heterocycles. The van der Waals surface area contributed by atoms with Crippen molar-refractivity contribution in [2.45, 2.75) is 25.4 Å². The van der Waals surface area contributed by atoms with Crippen molar-refractivity contribution in [2.24, 2.45) is 5.92 Å². The van der Waals surface area contributed by atoms with E-state index in [-0.39, 0.29) is 12.0 Å². The first-order valence-electron chi connectivity index (χ1n) is 6.51. The Morgan fingerprint density at radius 1 is 1.41 bits per heavy atom. The summed E-state index contributed by atoms with van der Waals surface area (Å²) in [6, 6.07) is 0. The molecule has 1 amide bonds. The van der Waals surface area contributed by atoms with Crippen molar-refractivity contribution < 1.29 is 14.3 Å². The second kappa shape index (κ2) is 6.93. The third-order valence-corrected chi connectivity index (χ3v) is 3.35. The van der Waals surface area contributed by atoms with E-state index in [1.807, 2.05) is 0 Å². The lowest BCUT2D eigenvalue weighted by molar-refractivity contribution is -0.124. The monoisotopic (exact) mass is 242 g/mol. The van der Waals surface area contributed by atoms with Crippen LogP contribution >= 0.6 is 0 Å². The Balaban J connectivity index is 1.53. The molecule has 2 aliphatic rings. The van der Waals surface area contributed by atoms with Crippen LogP contribution in [0.2, 0.25) is 0 Å². The van der Waals surface area contributed by atoms with Gasteiger partial charge in [-0.2, -0.15) is 0 Å². The van der Waals surface area contributed by atoms with Crippen molar-refractivity contribution in [2.75, 3.05) is 39.5 Å². The van der Waals surface area contributed by atoms with Crippen LogP contribution in [0.4, 0.5) is 0 Å². The molecular weight excluding hydrogens is 220 g/mol. The summed E-state index contributed by atoms with van der Waals surface area (Å²) in [4.78, 5) is 11.6. The first-order valence-corrected chi connectivity index (χ1v) is 6.51. The van der Waals surface area contributed by atoms with Gasteiger partial charge in [0.2, 0.25) is 5.91 Å². The smallest absolute Gasteiger partial charge is 0.220 e. The Labute approximate surface area is 102 Å². The van der Waals surface area contributed by atoms with Crippen molar-refractivity contribution in [1.82, 2.24) is 10.6 Å². The third-order valence-electron chi connectivity index (χ3n) is 3.35. The van der Waals surface area contributed by atoms with E-state index in [0.717, 1.165) is 19.5 Å². The van der Waals surface area contributed by atoms with Crippen LogP contribution in [0, 0.1) is 5.92 Å². The van der Waals surface area contributed by atoms with Gasteiger partial charge in [-0.1, -0.05) is 0 Å². The summed E-state index contributed by atoms with van der Waals surface area (Å²) < 4.78 is 10.7. The summed E-state index contributed by atoms with van der Waals surface area (Å²) in [7, 11) is 0. The zero-order chi connectivity index (χ0) is 11.9. The lowest BCUT2D eigenvalue weighted by Gasteiger charge is -2.23. The molecule has 0 aromatic carbocycles. The second-order valence-electron chi connectivity index (χ2n) is 4.77. The van der Waals surface area contributed by atoms with Gasteiger partial charge in [0.25, 0.3) is 0 Å². The van der Waals surface area contributed by atoms with Crippen LogP contribution in [-0.2, 0) is 14.3 Å². The quantitative estimate of drug-likeness (QED) is 0.707. The lowest BCUT2D eigenvalue weighted by Crippen LogP contribution is -2.39. The summed E-state index contributed by atoms with van der Waals surface area (Å²) in [5, 5.41) is 6.22. The minimum Gasteiger partial charge on any atom is -0.376 e. The Bertz CT molecular complexity index is 236. The van der Waals surface area contributed by atoms with E-state index in [1.54, 1.807) is 0 Å². The molecule has 2 heterocycles. The summed E-state index contributed by atoms with van der Waals surface area (Å²) in [6.45, 7) is 4.62. The molecule has 0 bridgehead atoms. The van der Waals surface area contributed by atoms with Gasteiger partial charge in [-0.15, -0.1) is 0 Å². The molecule has 0 radical (unpaired) electrons. The van der Waals surface area contributed by atoms with E-state index >= 15 is 0 Å². The van der Waals surface area contributed by atoms with E-state index in [9.17, 15) is 4.79 Å². The van der Waals surface area contributed by atoms with Crippen molar-refractivity contribution in [1.29, 1.82) is 0 Å². The van der Waals surface area contributed by atoms with Gasteiger partial charge in [0.05, 0.1) is 25.9 Å². The van der Waals surface area contributed by atoms with Crippen molar-refractivity contribution in [3.63, 3.8) is 0 Å². The summed E-state index contributed by atoms with van der Waals surface area (Å²) in [5.41, 5.74) is 0. The maximum Gasteiger partial charge on any atom is 0.220 e. The number of carbonyl (C=O) groups is 1. The second-order valence-corrected chi connectivity index (χ2v) is 4.77. The zero-order valence-corrected chi connectivity index (χ0v) is 10.2. The van der Waals surface area contributed by atoms with Crippen LogP contribution in [0.25, 0.3) is 0 Å². The van der Waals surface area contributed by atoms with Crippen LogP contribution in [-0.4, -0.2) is 51.5 Å². The summed E-state index contributed by atoms with van der Waals surface area (Å²) in [6.07, 6.45) is 2.84. The molecule has 0 aliphatic carbocycles. The van der Waals surface area contributed by atoms with Gasteiger partial charge in [0.15, 0.2) is 0 Å². The average Bonchev–Trinajstić information content (AvgIpc) is 2.88. The highest BCUT2D eigenvalue weighted by molar-refractivity contribution is 5.75. The standard InChI is InChI=1S/C12H22N2O3/c15-12(2-1-10-3-4-13-7-10)14-8-11-9-16-5-6-17-11/h10-11,13H,1-9H2,(H,14,15). The molecule has 2 atom stereocenters. The molecule has 17 heavy (non-hydrogen) atoms. The highest BCUT2D eigenvalue weighted by atomic mass is 16.6. The normalized spacial score (nSPS) is 29.2. The molecular formula is C12H22N2O3. The molecule has 98 valence electrons. The van der Waals surface area contributed by atoms with Crippen LogP contribution in [0.15, 0.2) is 0 Å². The molecule has 0 saturated carbocycles. The molecule has 0 aromatic heterocycles. The van der Waals surface area contributed by atoms with Gasteiger partial charge in [0, 0.05) is 13.0 Å². The number of hydrogen-bond acceptors (Lipinski definition) is 4. The fraction of sp³-hybridized carbons (Fsp3) is 0.917. The predicted molar refractivity (Wildman–Crippen MR) is 63.8 cm³/mol. The highest BCUT2D eigenvalue weighted by Crippen LogP contribution is 2.13. The molecule has 2 N–H and O–H groups in total. The van der Waals surface area contributed by atoms with Gasteiger partial charge in [-0.3, -0.25) is 4.79 Å². The van der Waals surface area contributed by atoms with Gasteiger partial charge < -0.3 is 20.1 Å². The molecule has 2 rings (SSSR count). The first kappa shape index (κ1) is 12.8. The minimum atomic E-state index is 0.0286. The van der Waals surface area contributed by atoms with Crippen LogP contribution in [0.5, 0.6) is 0 Å². The Kier molecular flexibility index (Phi) is 5.22. The van der Waals surface area contributed by atoms with Gasteiger partial charge in [0.1, 0.15) is 0 Å². The minimum absolute atomic E-state index is 0.0286. The number of ether oxygens (including phenoxy) is 2. The number of rotatable bonds is 5. The van der Waals surface area contributed by atoms with Crippen molar-refractivity contribution in [3.05, 3.63) is 0 Å². The molecule has 2 aliphatic heterocycles. The average molecular weight is 242 g/mol. The zero-order valence-electron chi connectivity index (χ0n) is 10.2. The fourth-order valence-corrected chi connectivity index (χ4v) is 2.27. The number of amides is 1. The largest absolute Gasteiger partial charge is 0.376 e. The van der Waals surface area contributed by atoms with Gasteiger partial charge in [-0.25, -0.2) is 0 Å². The molecule has 0 aromatic rings. The molecule has 0 spiro atoms. The maximum atomic E-state index is 11.6. The van der Waals surface area contributed by atoms with Crippen LogP contribution in [0.1, 0.15) is 19.3 Å². The molecule has 5 heteroatoms. The maximum absolute atomic E-state index is 11.6. The number of carbonyl (C=O) groups excluding carboxylic acids is 1. The Hall–Kier alpha value is -0.650. The predicted octanol–water partition coefficient (Wildman–Crippen LogP) is -0.0923.